The Balaban J connectivity index is 0.000000956. The van der Waals surface area contributed by atoms with Crippen molar-refractivity contribution >= 4 is 0 Å². The molecule has 0 amide bonds. The van der Waals surface area contributed by atoms with Crippen LogP contribution in [0.25, 0.3) is 11.1 Å². The predicted molar refractivity (Wildman–Crippen MR) is 91.6 cm³/mol. The first-order valence-corrected chi connectivity index (χ1v) is 7.56. The van der Waals surface area contributed by atoms with Crippen LogP contribution in [-0.2, 0) is 0 Å². The molecule has 0 aliphatic heterocycles. The molecule has 0 saturated heterocycles. The summed E-state index contributed by atoms with van der Waals surface area (Å²) >= 11 is 0. The summed E-state index contributed by atoms with van der Waals surface area (Å²) < 4.78 is 0. The minimum Gasteiger partial charge on any atom is -0.0683 e. The van der Waals surface area contributed by atoms with Gasteiger partial charge >= 0.3 is 0 Å². The van der Waals surface area contributed by atoms with E-state index in [2.05, 4.69) is 65.8 Å². The second kappa shape index (κ2) is 6.74. The van der Waals surface area contributed by atoms with Crippen LogP contribution in [0.2, 0.25) is 0 Å². The third-order valence-corrected chi connectivity index (χ3v) is 3.60. The maximum Gasteiger partial charge on any atom is -0.0120 e. The molecule has 20 heavy (non-hydrogen) atoms. The van der Waals surface area contributed by atoms with Gasteiger partial charge in [0.15, 0.2) is 0 Å². The van der Waals surface area contributed by atoms with Crippen molar-refractivity contribution in [1.82, 2.24) is 0 Å². The summed E-state index contributed by atoms with van der Waals surface area (Å²) in [6, 6.07) is 9.12. The third-order valence-electron chi connectivity index (χ3n) is 3.60. The van der Waals surface area contributed by atoms with E-state index >= 15 is 0 Å². The van der Waals surface area contributed by atoms with E-state index in [1.807, 2.05) is 13.8 Å². The fraction of sp³-hybridized carbons (Fsp3) is 0.400. The highest BCUT2D eigenvalue weighted by Crippen LogP contribution is 2.34. The van der Waals surface area contributed by atoms with Crippen molar-refractivity contribution in [2.24, 2.45) is 0 Å². The molecule has 0 nitrogen and oxygen atoms in total. The van der Waals surface area contributed by atoms with Gasteiger partial charge in [-0.25, -0.2) is 0 Å². The third kappa shape index (κ3) is 3.30. The molecule has 0 aliphatic rings. The van der Waals surface area contributed by atoms with Gasteiger partial charge in [0.25, 0.3) is 0 Å². The Hall–Kier alpha value is -1.56. The molecular weight excluding hydrogens is 240 g/mol. The number of benzene rings is 2. The summed E-state index contributed by atoms with van der Waals surface area (Å²) in [5.41, 5.74) is 11.0. The molecule has 0 fully saturated rings. The smallest absolute Gasteiger partial charge is 0.0120 e. The average Bonchev–Trinajstić information content (AvgIpc) is 2.33. The van der Waals surface area contributed by atoms with E-state index in [9.17, 15) is 0 Å². The van der Waals surface area contributed by atoms with E-state index in [1.54, 1.807) is 0 Å². The van der Waals surface area contributed by atoms with E-state index in [0.29, 0.717) is 0 Å². The van der Waals surface area contributed by atoms with Crippen LogP contribution in [0.15, 0.2) is 24.3 Å². The molecular formula is C20H28. The van der Waals surface area contributed by atoms with Crippen LogP contribution in [-0.4, -0.2) is 0 Å². The molecule has 2 aromatic rings. The molecule has 2 aromatic carbocycles. The van der Waals surface area contributed by atoms with E-state index < -0.39 is 0 Å². The summed E-state index contributed by atoms with van der Waals surface area (Å²) in [6.45, 7) is 17.2. The highest BCUT2D eigenvalue weighted by molar-refractivity contribution is 5.77. The molecule has 0 radical (unpaired) electrons. The van der Waals surface area contributed by atoms with Crippen LogP contribution in [0, 0.1) is 41.5 Å². The summed E-state index contributed by atoms with van der Waals surface area (Å²) in [4.78, 5) is 0. The fourth-order valence-corrected chi connectivity index (χ4v) is 3.15. The summed E-state index contributed by atoms with van der Waals surface area (Å²) in [6.07, 6.45) is 0. The number of rotatable bonds is 1. The molecule has 2 rings (SSSR count). The van der Waals surface area contributed by atoms with Crippen LogP contribution < -0.4 is 0 Å². The van der Waals surface area contributed by atoms with E-state index in [4.69, 9.17) is 0 Å². The van der Waals surface area contributed by atoms with E-state index in [-0.39, 0.29) is 0 Å². The molecule has 0 heterocycles. The molecule has 0 unspecified atom stereocenters. The van der Waals surface area contributed by atoms with Gasteiger partial charge in [-0.15, -0.1) is 0 Å². The normalized spacial score (nSPS) is 10.0. The lowest BCUT2D eigenvalue weighted by Crippen LogP contribution is -1.96. The predicted octanol–water partition coefficient (Wildman–Crippen LogP) is 6.23. The Morgan fingerprint density at radius 2 is 0.650 bits per heavy atom. The lowest BCUT2D eigenvalue weighted by atomic mass is 9.87. The van der Waals surface area contributed by atoms with Gasteiger partial charge in [-0.05, 0) is 74.9 Å². The van der Waals surface area contributed by atoms with Gasteiger partial charge in [-0.2, -0.15) is 0 Å². The van der Waals surface area contributed by atoms with Crippen molar-refractivity contribution in [3.63, 3.8) is 0 Å². The molecule has 0 N–H and O–H groups in total. The maximum absolute atomic E-state index is 2.28. The first-order valence-electron chi connectivity index (χ1n) is 7.56. The minimum atomic E-state index is 1.34. The summed E-state index contributed by atoms with van der Waals surface area (Å²) in [5, 5.41) is 0. The average molecular weight is 268 g/mol. The molecule has 0 aliphatic carbocycles. The first kappa shape index (κ1) is 16.5. The first-order chi connectivity index (χ1) is 9.40. The molecule has 0 bridgehead atoms. The molecule has 0 aromatic heterocycles. The minimum absolute atomic E-state index is 1.34. The van der Waals surface area contributed by atoms with Gasteiger partial charge in [-0.3, -0.25) is 0 Å². The Morgan fingerprint density at radius 3 is 0.850 bits per heavy atom. The van der Waals surface area contributed by atoms with E-state index in [1.165, 1.54) is 44.5 Å². The lowest BCUT2D eigenvalue weighted by Gasteiger charge is -2.17. The number of aryl methyl sites for hydroxylation is 6. The van der Waals surface area contributed by atoms with Crippen molar-refractivity contribution in [2.45, 2.75) is 55.4 Å². The molecule has 0 saturated carbocycles. The Labute approximate surface area is 124 Å². The van der Waals surface area contributed by atoms with Crippen LogP contribution in [0.4, 0.5) is 0 Å². The highest BCUT2D eigenvalue weighted by atomic mass is 14.2. The van der Waals surface area contributed by atoms with Crippen molar-refractivity contribution in [2.75, 3.05) is 0 Å². The van der Waals surface area contributed by atoms with Gasteiger partial charge in [0.1, 0.15) is 0 Å². The van der Waals surface area contributed by atoms with Crippen LogP contribution in [0.3, 0.4) is 0 Å². The molecule has 0 heteroatoms. The van der Waals surface area contributed by atoms with E-state index in [0.717, 1.165) is 0 Å². The zero-order chi connectivity index (χ0) is 15.4. The second-order valence-corrected chi connectivity index (χ2v) is 5.55. The van der Waals surface area contributed by atoms with Crippen LogP contribution >= 0.6 is 0 Å². The molecule has 0 atom stereocenters. The Bertz CT molecular complexity index is 502. The quantitative estimate of drug-likeness (QED) is 0.575. The lowest BCUT2D eigenvalue weighted by molar-refractivity contribution is 1.27. The van der Waals surface area contributed by atoms with Gasteiger partial charge in [0.05, 0.1) is 0 Å². The van der Waals surface area contributed by atoms with Gasteiger partial charge in [-0.1, -0.05) is 49.2 Å². The van der Waals surface area contributed by atoms with Crippen molar-refractivity contribution in [1.29, 1.82) is 0 Å². The second-order valence-electron chi connectivity index (χ2n) is 5.55. The monoisotopic (exact) mass is 268 g/mol. The zero-order valence-electron chi connectivity index (χ0n) is 14.3. The largest absolute Gasteiger partial charge is 0.0683 e. The van der Waals surface area contributed by atoms with Gasteiger partial charge in [0.2, 0.25) is 0 Å². The highest BCUT2D eigenvalue weighted by Gasteiger charge is 2.12. The Morgan fingerprint density at radius 1 is 0.450 bits per heavy atom. The van der Waals surface area contributed by atoms with Crippen molar-refractivity contribution < 1.29 is 0 Å². The zero-order valence-corrected chi connectivity index (χ0v) is 14.3. The van der Waals surface area contributed by atoms with Crippen molar-refractivity contribution in [3.8, 4) is 11.1 Å². The molecule has 108 valence electrons. The fourth-order valence-electron chi connectivity index (χ4n) is 3.15. The standard InChI is InChI=1S/C18H22.C2H6/c1-11-7-13(3)17(14(4)8-11)18-15(5)9-12(2)10-16(18)6;1-2/h7-10H,1-6H3;1-2H3. The van der Waals surface area contributed by atoms with Crippen LogP contribution in [0.1, 0.15) is 47.2 Å². The number of hydrogen-bond acceptors (Lipinski definition) is 0. The summed E-state index contributed by atoms with van der Waals surface area (Å²) in [5.74, 6) is 0. The maximum atomic E-state index is 2.28. The van der Waals surface area contributed by atoms with Crippen molar-refractivity contribution in [3.05, 3.63) is 57.6 Å². The number of hydrogen-bond donors (Lipinski definition) is 0. The topological polar surface area (TPSA) is 0 Å². The summed E-state index contributed by atoms with van der Waals surface area (Å²) in [7, 11) is 0. The van der Waals surface area contributed by atoms with Gasteiger partial charge < -0.3 is 0 Å². The SMILES string of the molecule is CC.Cc1cc(C)c(-c2c(C)cc(C)cc2C)c(C)c1. The Kier molecular flexibility index (Phi) is 5.56. The molecule has 0 spiro atoms. The van der Waals surface area contributed by atoms with Gasteiger partial charge in [0, 0.05) is 0 Å². The van der Waals surface area contributed by atoms with Crippen LogP contribution in [0.5, 0.6) is 0 Å².